The van der Waals surface area contributed by atoms with Crippen molar-refractivity contribution in [2.45, 2.75) is 24.0 Å². The molecule has 1 nitrogen and oxygen atoms in total. The summed E-state index contributed by atoms with van der Waals surface area (Å²) in [6.07, 6.45) is 0. The van der Waals surface area contributed by atoms with Crippen LogP contribution in [0.3, 0.4) is 0 Å². The molecule has 0 radical (unpaired) electrons. The Labute approximate surface area is 113 Å². The minimum atomic E-state index is 0.326. The molecule has 0 fully saturated rings. The second kappa shape index (κ2) is 6.07. The molecule has 2 aromatic rings. The third kappa shape index (κ3) is 2.95. The first-order chi connectivity index (χ1) is 8.72. The summed E-state index contributed by atoms with van der Waals surface area (Å²) in [6.45, 7) is 4.95. The minimum absolute atomic E-state index is 0.326. The normalized spacial score (nSPS) is 12.4. The number of aryl methyl sites for hydroxylation is 2. The largest absolute Gasteiger partial charge is 0.329 e. The monoisotopic (exact) mass is 257 g/mol. The van der Waals surface area contributed by atoms with Gasteiger partial charge in [-0.2, -0.15) is 0 Å². The lowest BCUT2D eigenvalue weighted by Crippen LogP contribution is -2.10. The molecule has 2 rings (SSSR count). The summed E-state index contributed by atoms with van der Waals surface area (Å²) in [6, 6.07) is 17.0. The van der Waals surface area contributed by atoms with Crippen LogP contribution in [0.2, 0.25) is 0 Å². The number of thioether (sulfide) groups is 1. The van der Waals surface area contributed by atoms with Gasteiger partial charge in [-0.1, -0.05) is 42.5 Å². The standard InChI is InChI=1S/C16H19NS/c1-12-7-3-5-9-14(12)16(11-17)18-15-10-6-4-8-13(15)2/h3-10,16H,11,17H2,1-2H3. The molecule has 0 aliphatic heterocycles. The van der Waals surface area contributed by atoms with Gasteiger partial charge in [0.15, 0.2) is 0 Å². The van der Waals surface area contributed by atoms with Gasteiger partial charge in [0.1, 0.15) is 0 Å². The predicted octanol–water partition coefficient (Wildman–Crippen LogP) is 4.10. The SMILES string of the molecule is Cc1ccccc1SC(CN)c1ccccc1C. The lowest BCUT2D eigenvalue weighted by Gasteiger charge is -2.18. The molecular weight excluding hydrogens is 238 g/mol. The third-order valence-electron chi connectivity index (χ3n) is 3.11. The maximum atomic E-state index is 5.95. The zero-order valence-electron chi connectivity index (χ0n) is 10.9. The van der Waals surface area contributed by atoms with Crippen molar-refractivity contribution in [3.05, 3.63) is 65.2 Å². The van der Waals surface area contributed by atoms with Crippen molar-refractivity contribution < 1.29 is 0 Å². The van der Waals surface area contributed by atoms with E-state index in [9.17, 15) is 0 Å². The average molecular weight is 257 g/mol. The zero-order valence-corrected chi connectivity index (χ0v) is 11.7. The lowest BCUT2D eigenvalue weighted by atomic mass is 10.1. The highest BCUT2D eigenvalue weighted by molar-refractivity contribution is 7.99. The van der Waals surface area contributed by atoms with Crippen molar-refractivity contribution in [3.8, 4) is 0 Å². The summed E-state index contributed by atoms with van der Waals surface area (Å²) in [7, 11) is 0. The fourth-order valence-corrected chi connectivity index (χ4v) is 3.23. The molecule has 0 aromatic heterocycles. The van der Waals surface area contributed by atoms with Gasteiger partial charge in [-0.05, 0) is 36.6 Å². The van der Waals surface area contributed by atoms with Crippen LogP contribution in [0.5, 0.6) is 0 Å². The Bertz CT molecular complexity index is 522. The van der Waals surface area contributed by atoms with Crippen LogP contribution in [0.1, 0.15) is 21.9 Å². The number of rotatable bonds is 4. The Morgan fingerprint density at radius 1 is 0.944 bits per heavy atom. The van der Waals surface area contributed by atoms with Crippen molar-refractivity contribution in [1.82, 2.24) is 0 Å². The molecule has 94 valence electrons. The Morgan fingerprint density at radius 3 is 2.17 bits per heavy atom. The van der Waals surface area contributed by atoms with Crippen molar-refractivity contribution in [3.63, 3.8) is 0 Å². The maximum Gasteiger partial charge on any atom is 0.0469 e. The summed E-state index contributed by atoms with van der Waals surface area (Å²) >= 11 is 1.86. The first-order valence-electron chi connectivity index (χ1n) is 6.20. The Balaban J connectivity index is 2.26. The van der Waals surface area contributed by atoms with E-state index in [1.54, 1.807) is 0 Å². The lowest BCUT2D eigenvalue weighted by molar-refractivity contribution is 0.930. The van der Waals surface area contributed by atoms with Crippen LogP contribution in [0.15, 0.2) is 53.4 Å². The average Bonchev–Trinajstić information content (AvgIpc) is 2.39. The smallest absolute Gasteiger partial charge is 0.0469 e. The molecule has 0 aliphatic carbocycles. The second-order valence-electron chi connectivity index (χ2n) is 4.46. The van der Waals surface area contributed by atoms with Gasteiger partial charge >= 0.3 is 0 Å². The van der Waals surface area contributed by atoms with Crippen LogP contribution in [0, 0.1) is 13.8 Å². The Hall–Kier alpha value is -1.25. The molecule has 0 heterocycles. The third-order valence-corrected chi connectivity index (χ3v) is 4.56. The predicted molar refractivity (Wildman–Crippen MR) is 80.0 cm³/mol. The van der Waals surface area contributed by atoms with Crippen molar-refractivity contribution in [2.24, 2.45) is 5.73 Å². The summed E-state index contributed by atoms with van der Waals surface area (Å²) < 4.78 is 0. The van der Waals surface area contributed by atoms with Crippen LogP contribution >= 0.6 is 11.8 Å². The van der Waals surface area contributed by atoms with Crippen molar-refractivity contribution in [2.75, 3.05) is 6.54 Å². The van der Waals surface area contributed by atoms with Gasteiger partial charge in [0.05, 0.1) is 0 Å². The van der Waals surface area contributed by atoms with Crippen molar-refractivity contribution in [1.29, 1.82) is 0 Å². The zero-order chi connectivity index (χ0) is 13.0. The number of hydrogen-bond donors (Lipinski definition) is 1. The molecule has 0 saturated heterocycles. The number of hydrogen-bond acceptors (Lipinski definition) is 2. The van der Waals surface area contributed by atoms with E-state index in [1.807, 2.05) is 11.8 Å². The van der Waals surface area contributed by atoms with Crippen LogP contribution in [0.25, 0.3) is 0 Å². The first-order valence-corrected chi connectivity index (χ1v) is 7.08. The highest BCUT2D eigenvalue weighted by Gasteiger charge is 2.14. The van der Waals surface area contributed by atoms with E-state index < -0.39 is 0 Å². The molecule has 1 atom stereocenters. The molecule has 18 heavy (non-hydrogen) atoms. The van der Waals surface area contributed by atoms with Gasteiger partial charge in [0.2, 0.25) is 0 Å². The summed E-state index contributed by atoms with van der Waals surface area (Å²) in [5.41, 5.74) is 9.92. The van der Waals surface area contributed by atoms with E-state index in [0.29, 0.717) is 11.8 Å². The first kappa shape index (κ1) is 13.2. The van der Waals surface area contributed by atoms with Crippen molar-refractivity contribution >= 4 is 11.8 Å². The van der Waals surface area contributed by atoms with Gasteiger partial charge in [0, 0.05) is 16.7 Å². The van der Waals surface area contributed by atoms with Gasteiger partial charge < -0.3 is 5.73 Å². The van der Waals surface area contributed by atoms with Gasteiger partial charge in [-0.3, -0.25) is 0 Å². The molecule has 2 N–H and O–H groups in total. The number of benzene rings is 2. The van der Waals surface area contributed by atoms with E-state index in [4.69, 9.17) is 5.73 Å². The van der Waals surface area contributed by atoms with Gasteiger partial charge in [-0.15, -0.1) is 11.8 Å². The molecular formula is C16H19NS. The van der Waals surface area contributed by atoms with E-state index in [0.717, 1.165) is 0 Å². The molecule has 0 bridgehead atoms. The van der Waals surface area contributed by atoms with E-state index >= 15 is 0 Å². The second-order valence-corrected chi connectivity index (χ2v) is 5.71. The van der Waals surface area contributed by atoms with E-state index in [1.165, 1.54) is 21.6 Å². The number of nitrogens with two attached hydrogens (primary N) is 1. The molecule has 2 heteroatoms. The molecule has 1 unspecified atom stereocenters. The van der Waals surface area contributed by atoms with E-state index in [-0.39, 0.29) is 0 Å². The topological polar surface area (TPSA) is 26.0 Å². The summed E-state index contributed by atoms with van der Waals surface area (Å²) in [4.78, 5) is 1.32. The molecule has 2 aromatic carbocycles. The van der Waals surface area contributed by atoms with E-state index in [2.05, 4.69) is 62.4 Å². The van der Waals surface area contributed by atoms with Crippen LogP contribution in [-0.2, 0) is 0 Å². The minimum Gasteiger partial charge on any atom is -0.329 e. The summed E-state index contributed by atoms with van der Waals surface area (Å²) in [5.74, 6) is 0. The highest BCUT2D eigenvalue weighted by Crippen LogP contribution is 2.37. The van der Waals surface area contributed by atoms with Crippen LogP contribution < -0.4 is 5.73 Å². The maximum absolute atomic E-state index is 5.95. The fourth-order valence-electron chi connectivity index (χ4n) is 2.03. The molecule has 0 aliphatic rings. The Morgan fingerprint density at radius 2 is 1.56 bits per heavy atom. The van der Waals surface area contributed by atoms with Crippen LogP contribution in [-0.4, -0.2) is 6.54 Å². The van der Waals surface area contributed by atoms with Crippen LogP contribution in [0.4, 0.5) is 0 Å². The Kier molecular flexibility index (Phi) is 4.45. The molecule has 0 spiro atoms. The van der Waals surface area contributed by atoms with Gasteiger partial charge in [0.25, 0.3) is 0 Å². The molecule has 0 amide bonds. The quantitative estimate of drug-likeness (QED) is 0.835. The summed E-state index contributed by atoms with van der Waals surface area (Å²) in [5, 5.41) is 0.326. The van der Waals surface area contributed by atoms with Gasteiger partial charge in [-0.25, -0.2) is 0 Å². The fraction of sp³-hybridized carbons (Fsp3) is 0.250. The highest BCUT2D eigenvalue weighted by atomic mass is 32.2. The molecule has 0 saturated carbocycles.